The minimum Gasteiger partial charge on any atom is -0.277 e. The van der Waals surface area contributed by atoms with Crippen molar-refractivity contribution in [1.82, 2.24) is 10.2 Å². The van der Waals surface area contributed by atoms with Crippen molar-refractivity contribution in [2.45, 2.75) is 40.7 Å². The molecule has 1 unspecified atom stereocenters. The summed E-state index contributed by atoms with van der Waals surface area (Å²) in [6.07, 6.45) is 0. The highest BCUT2D eigenvalue weighted by atomic mass is 16.2. The summed E-state index contributed by atoms with van der Waals surface area (Å²) in [7, 11) is 0. The van der Waals surface area contributed by atoms with Crippen LogP contribution in [0.1, 0.15) is 34.6 Å². The van der Waals surface area contributed by atoms with Crippen LogP contribution in [-0.2, 0) is 9.59 Å². The van der Waals surface area contributed by atoms with E-state index in [1.807, 2.05) is 13.8 Å². The van der Waals surface area contributed by atoms with Crippen molar-refractivity contribution in [2.75, 3.05) is 0 Å². The van der Waals surface area contributed by atoms with Crippen molar-refractivity contribution in [3.8, 4) is 0 Å². The Morgan fingerprint density at radius 2 is 1.62 bits per heavy atom. The van der Waals surface area contributed by atoms with Crippen LogP contribution in [0.15, 0.2) is 0 Å². The molecule has 5 nitrogen and oxygen atoms in total. The average Bonchev–Trinajstić information content (AvgIpc) is 2.15. The van der Waals surface area contributed by atoms with E-state index in [1.165, 1.54) is 13.8 Å². The molecule has 1 atom stereocenters. The zero-order chi connectivity index (χ0) is 12.7. The van der Waals surface area contributed by atoms with Gasteiger partial charge in [-0.25, -0.2) is 4.79 Å². The van der Waals surface area contributed by atoms with E-state index in [9.17, 15) is 14.4 Å². The summed E-state index contributed by atoms with van der Waals surface area (Å²) in [6, 6.07) is -0.838. The Labute approximate surface area is 95.2 Å². The number of urea groups is 1. The number of imide groups is 2. The Hall–Kier alpha value is -1.39. The van der Waals surface area contributed by atoms with Crippen LogP contribution >= 0.6 is 0 Å². The number of nitrogens with one attached hydrogen (secondary N) is 1. The van der Waals surface area contributed by atoms with Gasteiger partial charge in [-0.3, -0.25) is 19.8 Å². The van der Waals surface area contributed by atoms with E-state index in [0.29, 0.717) is 0 Å². The third-order valence-electron chi connectivity index (χ3n) is 3.13. The van der Waals surface area contributed by atoms with Crippen molar-refractivity contribution in [2.24, 2.45) is 11.3 Å². The molecule has 1 saturated heterocycles. The lowest BCUT2D eigenvalue weighted by atomic mass is 9.87. The first-order valence-electron chi connectivity index (χ1n) is 5.38. The molecule has 0 spiro atoms. The number of amides is 4. The van der Waals surface area contributed by atoms with Crippen molar-refractivity contribution >= 4 is 17.8 Å². The fraction of sp³-hybridized carbons (Fsp3) is 0.727. The molecule has 1 N–H and O–H groups in total. The van der Waals surface area contributed by atoms with E-state index < -0.39 is 23.3 Å². The molecule has 0 aromatic carbocycles. The monoisotopic (exact) mass is 226 g/mol. The maximum absolute atomic E-state index is 12.1. The Morgan fingerprint density at radius 3 is 2.06 bits per heavy atom. The third kappa shape index (κ3) is 1.81. The molecule has 0 bridgehead atoms. The summed E-state index contributed by atoms with van der Waals surface area (Å²) in [6.45, 7) is 8.70. The molecule has 1 aliphatic rings. The van der Waals surface area contributed by atoms with Gasteiger partial charge in [0.05, 0.1) is 0 Å². The minimum absolute atomic E-state index is 0.152. The van der Waals surface area contributed by atoms with Gasteiger partial charge in [0.2, 0.25) is 11.8 Å². The molecule has 1 aliphatic heterocycles. The van der Waals surface area contributed by atoms with Crippen molar-refractivity contribution in [1.29, 1.82) is 0 Å². The zero-order valence-corrected chi connectivity index (χ0v) is 10.3. The Bertz CT molecular complexity index is 347. The molecule has 0 radical (unpaired) electrons. The fourth-order valence-corrected chi connectivity index (χ4v) is 1.47. The van der Waals surface area contributed by atoms with Gasteiger partial charge >= 0.3 is 6.03 Å². The topological polar surface area (TPSA) is 66.5 Å². The fourth-order valence-electron chi connectivity index (χ4n) is 1.47. The lowest BCUT2D eigenvalue weighted by Crippen LogP contribution is -2.64. The van der Waals surface area contributed by atoms with Gasteiger partial charge in [-0.2, -0.15) is 0 Å². The number of barbiturate groups is 1. The summed E-state index contributed by atoms with van der Waals surface area (Å²) in [4.78, 5) is 36.3. The summed E-state index contributed by atoms with van der Waals surface area (Å²) in [5.41, 5.74) is -1.17. The van der Waals surface area contributed by atoms with E-state index in [0.717, 1.165) is 4.90 Å². The first-order valence-corrected chi connectivity index (χ1v) is 5.38. The highest BCUT2D eigenvalue weighted by Crippen LogP contribution is 2.26. The molecule has 16 heavy (non-hydrogen) atoms. The maximum atomic E-state index is 12.1. The van der Waals surface area contributed by atoms with Crippen LogP contribution in [0.25, 0.3) is 0 Å². The second-order valence-electron chi connectivity index (χ2n) is 5.04. The van der Waals surface area contributed by atoms with E-state index in [1.54, 1.807) is 6.92 Å². The zero-order valence-electron chi connectivity index (χ0n) is 10.3. The van der Waals surface area contributed by atoms with E-state index in [-0.39, 0.29) is 12.0 Å². The normalized spacial score (nSPS) is 22.4. The van der Waals surface area contributed by atoms with Gasteiger partial charge < -0.3 is 0 Å². The highest BCUT2D eigenvalue weighted by Gasteiger charge is 2.48. The second-order valence-corrected chi connectivity index (χ2v) is 5.04. The molecule has 0 aromatic rings. The largest absolute Gasteiger partial charge is 0.331 e. The third-order valence-corrected chi connectivity index (χ3v) is 3.13. The lowest BCUT2D eigenvalue weighted by Gasteiger charge is -2.39. The summed E-state index contributed by atoms with van der Waals surface area (Å²) >= 11 is 0. The Morgan fingerprint density at radius 1 is 1.12 bits per heavy atom. The van der Waals surface area contributed by atoms with Crippen molar-refractivity contribution < 1.29 is 14.4 Å². The van der Waals surface area contributed by atoms with Crippen LogP contribution < -0.4 is 5.32 Å². The molecule has 0 aliphatic carbocycles. The summed E-state index contributed by atoms with van der Waals surface area (Å²) < 4.78 is 0. The molecule has 0 aromatic heterocycles. The number of hydrogen-bond acceptors (Lipinski definition) is 3. The Balaban J connectivity index is 3.06. The number of hydrogen-bond donors (Lipinski definition) is 1. The molecule has 0 saturated carbocycles. The van der Waals surface area contributed by atoms with Crippen LogP contribution in [0, 0.1) is 11.3 Å². The van der Waals surface area contributed by atoms with E-state index in [2.05, 4.69) is 5.32 Å². The van der Waals surface area contributed by atoms with E-state index >= 15 is 0 Å². The smallest absolute Gasteiger partial charge is 0.277 e. The van der Waals surface area contributed by atoms with Crippen molar-refractivity contribution in [3.63, 3.8) is 0 Å². The van der Waals surface area contributed by atoms with Crippen molar-refractivity contribution in [3.05, 3.63) is 0 Å². The SMILES string of the molecule is CC(C)C(C)N1C(=O)NC(=O)C(C)(C)C1=O. The number of carbonyl (C=O) groups is 3. The van der Waals surface area contributed by atoms with Gasteiger partial charge in [0, 0.05) is 6.04 Å². The second kappa shape index (κ2) is 3.88. The molecule has 4 amide bonds. The Kier molecular flexibility index (Phi) is 3.08. The van der Waals surface area contributed by atoms with Crippen LogP contribution in [-0.4, -0.2) is 28.8 Å². The van der Waals surface area contributed by atoms with Gasteiger partial charge in [0.1, 0.15) is 5.41 Å². The van der Waals surface area contributed by atoms with Crippen LogP contribution in [0.5, 0.6) is 0 Å². The first kappa shape index (κ1) is 12.7. The molecular formula is C11H18N2O3. The molecule has 1 heterocycles. The maximum Gasteiger partial charge on any atom is 0.331 e. The first-order chi connectivity index (χ1) is 7.19. The van der Waals surface area contributed by atoms with Gasteiger partial charge in [-0.1, -0.05) is 13.8 Å². The predicted molar refractivity (Wildman–Crippen MR) is 58.5 cm³/mol. The van der Waals surface area contributed by atoms with Gasteiger partial charge in [0.15, 0.2) is 0 Å². The number of rotatable bonds is 2. The quantitative estimate of drug-likeness (QED) is 0.718. The van der Waals surface area contributed by atoms with Crippen LogP contribution in [0.3, 0.4) is 0 Å². The molecule has 90 valence electrons. The van der Waals surface area contributed by atoms with Gasteiger partial charge in [-0.05, 0) is 26.7 Å². The summed E-state index contributed by atoms with van der Waals surface area (Å²) in [5.74, 6) is -0.809. The average molecular weight is 226 g/mol. The predicted octanol–water partition coefficient (Wildman–Crippen LogP) is 1.14. The minimum atomic E-state index is -1.17. The highest BCUT2D eigenvalue weighted by molar-refractivity contribution is 6.18. The molecular weight excluding hydrogens is 208 g/mol. The van der Waals surface area contributed by atoms with Gasteiger partial charge in [0.25, 0.3) is 0 Å². The standard InChI is InChI=1S/C11H18N2O3/c1-6(2)7(3)13-9(15)11(4,5)8(14)12-10(13)16/h6-7H,1-5H3,(H,12,14,16). The van der Waals surface area contributed by atoms with Crippen LogP contribution in [0.4, 0.5) is 4.79 Å². The van der Waals surface area contributed by atoms with Gasteiger partial charge in [-0.15, -0.1) is 0 Å². The van der Waals surface area contributed by atoms with E-state index in [4.69, 9.17) is 0 Å². The lowest BCUT2D eigenvalue weighted by molar-refractivity contribution is -0.150. The summed E-state index contributed by atoms with van der Waals surface area (Å²) in [5, 5.41) is 2.21. The molecule has 1 fully saturated rings. The van der Waals surface area contributed by atoms with Crippen LogP contribution in [0.2, 0.25) is 0 Å². The number of nitrogens with zero attached hydrogens (tertiary/aromatic N) is 1. The number of carbonyl (C=O) groups excluding carboxylic acids is 3. The molecule has 5 heteroatoms. The molecule has 1 rings (SSSR count).